The summed E-state index contributed by atoms with van der Waals surface area (Å²) in [6.07, 6.45) is 6.08. The third-order valence-corrected chi connectivity index (χ3v) is 5.49. The molecule has 1 aliphatic heterocycles. The summed E-state index contributed by atoms with van der Waals surface area (Å²) >= 11 is 0. The van der Waals surface area contributed by atoms with Crippen molar-refractivity contribution in [3.8, 4) is 5.75 Å². The molecule has 2 aliphatic rings. The van der Waals surface area contributed by atoms with Crippen LogP contribution in [0.3, 0.4) is 0 Å². The zero-order valence-corrected chi connectivity index (χ0v) is 16.1. The van der Waals surface area contributed by atoms with Crippen molar-refractivity contribution in [1.82, 2.24) is 4.90 Å². The molecule has 0 bridgehead atoms. The normalized spacial score (nSPS) is 20.4. The Balaban J connectivity index is 1.47. The maximum atomic E-state index is 12.7. The fraction of sp³-hybridized carbons (Fsp3) is 0.667. The van der Waals surface area contributed by atoms with Gasteiger partial charge in [-0.2, -0.15) is 0 Å². The summed E-state index contributed by atoms with van der Waals surface area (Å²) in [4.78, 5) is 15.1. The Morgan fingerprint density at radius 2 is 1.88 bits per heavy atom. The number of likely N-dealkylation sites (tertiary alicyclic amines) is 1. The summed E-state index contributed by atoms with van der Waals surface area (Å²) < 4.78 is 11.6. The van der Waals surface area contributed by atoms with Gasteiger partial charge in [0.15, 0.2) is 0 Å². The molecule has 1 aliphatic carbocycles. The van der Waals surface area contributed by atoms with Gasteiger partial charge in [-0.1, -0.05) is 6.42 Å². The highest BCUT2D eigenvalue weighted by Crippen LogP contribution is 2.42. The third-order valence-electron chi connectivity index (χ3n) is 5.49. The zero-order valence-electron chi connectivity index (χ0n) is 16.1. The van der Waals surface area contributed by atoms with E-state index in [4.69, 9.17) is 9.47 Å². The summed E-state index contributed by atoms with van der Waals surface area (Å²) in [6.45, 7) is 8.44. The summed E-state index contributed by atoms with van der Waals surface area (Å²) in [6, 6.07) is 7.63. The van der Waals surface area contributed by atoms with E-state index in [-0.39, 0.29) is 5.91 Å². The number of anilines is 1. The molecule has 5 nitrogen and oxygen atoms in total. The van der Waals surface area contributed by atoms with Crippen molar-refractivity contribution in [1.29, 1.82) is 0 Å². The maximum absolute atomic E-state index is 12.7. The van der Waals surface area contributed by atoms with Gasteiger partial charge in [-0.15, -0.1) is 0 Å². The standard InChI is InChI=1S/C21H32N2O3/c1-3-26-21(2,17-7-8-17)20(24)22-18-9-11-19(12-10-18)25-16-15-23-13-5-4-6-14-23/h9-12,17H,3-8,13-16H2,1-2H3,(H,22,24)/t21-/m1/s1. The number of hydrogen-bond acceptors (Lipinski definition) is 4. The predicted molar refractivity (Wildman–Crippen MR) is 104 cm³/mol. The molecule has 0 unspecified atom stereocenters. The first-order valence-corrected chi connectivity index (χ1v) is 10.0. The lowest BCUT2D eigenvalue weighted by atomic mass is 9.99. The van der Waals surface area contributed by atoms with Crippen LogP contribution in [0.15, 0.2) is 24.3 Å². The Morgan fingerprint density at radius 1 is 1.19 bits per heavy atom. The third kappa shape index (κ3) is 4.98. The number of piperidine rings is 1. The average Bonchev–Trinajstić information content (AvgIpc) is 3.50. The molecule has 1 saturated carbocycles. The molecule has 0 spiro atoms. The van der Waals surface area contributed by atoms with Gasteiger partial charge in [-0.25, -0.2) is 0 Å². The molecule has 1 N–H and O–H groups in total. The van der Waals surface area contributed by atoms with E-state index in [0.29, 0.717) is 19.1 Å². The Kier molecular flexibility index (Phi) is 6.54. The second kappa shape index (κ2) is 8.87. The van der Waals surface area contributed by atoms with Crippen LogP contribution in [0.5, 0.6) is 5.75 Å². The van der Waals surface area contributed by atoms with Crippen LogP contribution >= 0.6 is 0 Å². The van der Waals surface area contributed by atoms with E-state index < -0.39 is 5.60 Å². The van der Waals surface area contributed by atoms with E-state index in [9.17, 15) is 4.79 Å². The smallest absolute Gasteiger partial charge is 0.256 e. The van der Waals surface area contributed by atoms with Crippen molar-refractivity contribution in [2.45, 2.75) is 51.6 Å². The largest absolute Gasteiger partial charge is 0.492 e. The highest BCUT2D eigenvalue weighted by Gasteiger charge is 2.48. The second-order valence-corrected chi connectivity index (χ2v) is 7.54. The van der Waals surface area contributed by atoms with Crippen LogP contribution in [0.1, 0.15) is 46.0 Å². The van der Waals surface area contributed by atoms with Gasteiger partial charge in [-0.05, 0) is 82.8 Å². The molecule has 1 aromatic rings. The van der Waals surface area contributed by atoms with Crippen LogP contribution in [0.25, 0.3) is 0 Å². The van der Waals surface area contributed by atoms with Crippen LogP contribution < -0.4 is 10.1 Å². The summed E-state index contributed by atoms with van der Waals surface area (Å²) in [5.74, 6) is 1.12. The number of nitrogens with one attached hydrogen (secondary N) is 1. The highest BCUT2D eigenvalue weighted by atomic mass is 16.5. The fourth-order valence-electron chi connectivity index (χ4n) is 3.67. The average molecular weight is 360 g/mol. The highest BCUT2D eigenvalue weighted by molar-refractivity contribution is 5.97. The second-order valence-electron chi connectivity index (χ2n) is 7.54. The van der Waals surface area contributed by atoms with Crippen molar-refractivity contribution in [2.24, 2.45) is 5.92 Å². The minimum absolute atomic E-state index is 0.0550. The topological polar surface area (TPSA) is 50.8 Å². The molecule has 0 radical (unpaired) electrons. The molecule has 2 fully saturated rings. The lowest BCUT2D eigenvalue weighted by Crippen LogP contribution is -2.44. The lowest BCUT2D eigenvalue weighted by molar-refractivity contribution is -0.141. The van der Waals surface area contributed by atoms with Gasteiger partial charge in [0.05, 0.1) is 0 Å². The Hall–Kier alpha value is -1.59. The first kappa shape index (κ1) is 19.2. The minimum atomic E-state index is -0.724. The number of ether oxygens (including phenoxy) is 2. The molecule has 1 heterocycles. The Bertz CT molecular complexity index is 579. The van der Waals surface area contributed by atoms with Crippen molar-refractivity contribution >= 4 is 11.6 Å². The number of hydrogen-bond donors (Lipinski definition) is 1. The fourth-order valence-corrected chi connectivity index (χ4v) is 3.67. The van der Waals surface area contributed by atoms with Crippen LogP contribution in [0.4, 0.5) is 5.69 Å². The molecule has 3 rings (SSSR count). The quantitative estimate of drug-likeness (QED) is 0.730. The SMILES string of the molecule is CCO[C@@](C)(C(=O)Nc1ccc(OCCN2CCCCC2)cc1)C1CC1. The van der Waals surface area contributed by atoms with Crippen molar-refractivity contribution < 1.29 is 14.3 Å². The van der Waals surface area contributed by atoms with E-state index in [1.165, 1.54) is 32.4 Å². The molecule has 5 heteroatoms. The van der Waals surface area contributed by atoms with E-state index in [1.54, 1.807) is 0 Å². The molecular formula is C21H32N2O3. The number of nitrogens with zero attached hydrogens (tertiary/aromatic N) is 1. The maximum Gasteiger partial charge on any atom is 0.256 e. The molecule has 144 valence electrons. The van der Waals surface area contributed by atoms with Gasteiger partial charge in [0, 0.05) is 18.8 Å². The lowest BCUT2D eigenvalue weighted by Gasteiger charge is -2.28. The van der Waals surface area contributed by atoms with Crippen LogP contribution in [-0.2, 0) is 9.53 Å². The Labute approximate surface area is 157 Å². The molecule has 0 aromatic heterocycles. The van der Waals surface area contributed by atoms with E-state index in [0.717, 1.165) is 30.8 Å². The summed E-state index contributed by atoms with van der Waals surface area (Å²) in [5.41, 5.74) is 0.0585. The van der Waals surface area contributed by atoms with Crippen molar-refractivity contribution in [3.05, 3.63) is 24.3 Å². The predicted octanol–water partition coefficient (Wildman–Crippen LogP) is 3.70. The molecule has 1 saturated heterocycles. The molecule has 26 heavy (non-hydrogen) atoms. The van der Waals surface area contributed by atoms with Crippen molar-refractivity contribution in [2.75, 3.05) is 38.2 Å². The number of carbonyl (C=O) groups excluding carboxylic acids is 1. The number of carbonyl (C=O) groups is 1. The summed E-state index contributed by atoms with van der Waals surface area (Å²) in [5, 5.41) is 3.00. The van der Waals surface area contributed by atoms with E-state index in [2.05, 4.69) is 10.2 Å². The first-order valence-electron chi connectivity index (χ1n) is 10.0. The Morgan fingerprint density at radius 3 is 2.50 bits per heavy atom. The zero-order chi connectivity index (χ0) is 18.4. The molecular weight excluding hydrogens is 328 g/mol. The number of rotatable bonds is 9. The van der Waals surface area contributed by atoms with Crippen LogP contribution in [0, 0.1) is 5.92 Å². The number of amides is 1. The first-order chi connectivity index (χ1) is 12.6. The molecule has 1 amide bonds. The molecule has 1 aromatic carbocycles. The van der Waals surface area contributed by atoms with Crippen LogP contribution in [0.2, 0.25) is 0 Å². The van der Waals surface area contributed by atoms with E-state index >= 15 is 0 Å². The molecule has 1 atom stereocenters. The van der Waals surface area contributed by atoms with Gasteiger partial charge in [0.2, 0.25) is 0 Å². The van der Waals surface area contributed by atoms with Crippen molar-refractivity contribution in [3.63, 3.8) is 0 Å². The van der Waals surface area contributed by atoms with Gasteiger partial charge in [0.25, 0.3) is 5.91 Å². The number of benzene rings is 1. The van der Waals surface area contributed by atoms with Gasteiger partial charge in [0.1, 0.15) is 18.0 Å². The van der Waals surface area contributed by atoms with Gasteiger partial charge >= 0.3 is 0 Å². The minimum Gasteiger partial charge on any atom is -0.492 e. The van der Waals surface area contributed by atoms with Gasteiger partial charge < -0.3 is 14.8 Å². The monoisotopic (exact) mass is 360 g/mol. The van der Waals surface area contributed by atoms with Crippen LogP contribution in [-0.4, -0.2) is 49.3 Å². The van der Waals surface area contributed by atoms with Gasteiger partial charge in [-0.3, -0.25) is 9.69 Å². The van der Waals surface area contributed by atoms with E-state index in [1.807, 2.05) is 38.1 Å². The summed E-state index contributed by atoms with van der Waals surface area (Å²) in [7, 11) is 0.